The normalized spacial score (nSPS) is 13.6. The SMILES string of the molecule is CCCCCCCCCCCCCCCCCCCCCCCCCCCCCCCCCCCCCCCCCCCC(=O)NC(COP(=O)(O)OCC[N+](C)(C)C)C(O)CCCCCCCCCCCCCCCCC. The zero-order valence-electron chi connectivity index (χ0n) is 53.7. The van der Waals surface area contributed by atoms with Crippen molar-refractivity contribution in [2.75, 3.05) is 40.9 Å². The predicted octanol–water partition coefficient (Wildman–Crippen LogP) is 22.3. The van der Waals surface area contributed by atoms with Gasteiger partial charge in [-0.25, -0.2) is 4.57 Å². The summed E-state index contributed by atoms with van der Waals surface area (Å²) in [7, 11) is 1.64. The zero-order valence-corrected chi connectivity index (χ0v) is 54.6. The fraction of sp³-hybridized carbons (Fsp3) is 0.986. The smallest absolute Gasteiger partial charge is 0.391 e. The third kappa shape index (κ3) is 63.1. The minimum Gasteiger partial charge on any atom is -0.391 e. The minimum absolute atomic E-state index is 0.0792. The van der Waals surface area contributed by atoms with Crippen LogP contribution in [-0.2, 0) is 18.4 Å². The number of nitrogens with zero attached hydrogens (tertiary/aromatic N) is 1. The molecule has 3 unspecified atom stereocenters. The van der Waals surface area contributed by atoms with Gasteiger partial charge in [-0.1, -0.05) is 367 Å². The number of aliphatic hydroxyl groups excluding tert-OH is 1. The number of amides is 1. The van der Waals surface area contributed by atoms with Crippen LogP contribution in [-0.4, -0.2) is 73.4 Å². The summed E-state index contributed by atoms with van der Waals surface area (Å²) in [5.74, 6) is -0.135. The van der Waals surface area contributed by atoms with Crippen molar-refractivity contribution in [3.05, 3.63) is 0 Å². The molecule has 78 heavy (non-hydrogen) atoms. The van der Waals surface area contributed by atoms with Gasteiger partial charge in [0.1, 0.15) is 13.2 Å². The number of quaternary nitrogens is 1. The topological polar surface area (TPSA) is 105 Å². The Hall–Kier alpha value is -0.500. The molecule has 0 aromatic heterocycles. The second-order valence-corrected chi connectivity index (χ2v) is 27.4. The van der Waals surface area contributed by atoms with Crippen LogP contribution in [0.2, 0.25) is 0 Å². The molecule has 0 saturated carbocycles. The van der Waals surface area contributed by atoms with Crippen molar-refractivity contribution in [2.45, 2.75) is 398 Å². The molecule has 3 atom stereocenters. The number of phosphoric ester groups is 1. The number of hydrogen-bond donors (Lipinski definition) is 3. The highest BCUT2D eigenvalue weighted by Gasteiger charge is 2.28. The van der Waals surface area contributed by atoms with Gasteiger partial charge in [0.05, 0.1) is 39.9 Å². The Bertz CT molecular complexity index is 1230. The van der Waals surface area contributed by atoms with Crippen LogP contribution in [0.15, 0.2) is 0 Å². The molecule has 0 aromatic carbocycles. The Balaban J connectivity index is 3.78. The first-order valence-corrected chi connectivity index (χ1v) is 36.9. The number of likely N-dealkylation sites (N-methyl/N-ethyl adjacent to an activating group) is 1. The average molecular weight is 1130 g/mol. The molecule has 0 rings (SSSR count). The summed E-state index contributed by atoms with van der Waals surface area (Å²) in [6, 6.07) is -0.755. The molecule has 0 fully saturated rings. The Kier molecular flexibility index (Phi) is 60.7. The molecule has 0 saturated heterocycles. The fourth-order valence-electron chi connectivity index (χ4n) is 11.3. The lowest BCUT2D eigenvalue weighted by Crippen LogP contribution is -2.46. The first-order valence-electron chi connectivity index (χ1n) is 35.4. The summed E-state index contributed by atoms with van der Waals surface area (Å²) in [6.45, 7) is 4.95. The van der Waals surface area contributed by atoms with Crippen LogP contribution in [0.25, 0.3) is 0 Å². The number of aliphatic hydroxyl groups is 1. The molecule has 0 bridgehead atoms. The molecular formula is C69H142N2O6P+. The van der Waals surface area contributed by atoms with Gasteiger partial charge in [0.25, 0.3) is 0 Å². The van der Waals surface area contributed by atoms with Crippen LogP contribution in [0.1, 0.15) is 386 Å². The van der Waals surface area contributed by atoms with E-state index in [4.69, 9.17) is 9.05 Å². The van der Waals surface area contributed by atoms with Gasteiger partial charge in [-0.05, 0) is 12.8 Å². The minimum atomic E-state index is -4.32. The highest BCUT2D eigenvalue weighted by Crippen LogP contribution is 2.43. The summed E-state index contributed by atoms with van der Waals surface area (Å²) in [5, 5.41) is 14.1. The molecule has 0 spiro atoms. The molecule has 0 aliphatic carbocycles. The van der Waals surface area contributed by atoms with Gasteiger partial charge in [-0.3, -0.25) is 13.8 Å². The van der Waals surface area contributed by atoms with Gasteiger partial charge < -0.3 is 19.8 Å². The molecule has 0 aliphatic heterocycles. The maximum Gasteiger partial charge on any atom is 0.472 e. The quantitative estimate of drug-likeness (QED) is 0.0318. The van der Waals surface area contributed by atoms with E-state index in [1.807, 2.05) is 21.1 Å². The second kappa shape index (κ2) is 61.1. The molecule has 1 amide bonds. The molecule has 3 N–H and O–H groups in total. The second-order valence-electron chi connectivity index (χ2n) is 26.0. The van der Waals surface area contributed by atoms with Crippen LogP contribution in [0.3, 0.4) is 0 Å². The number of rotatable bonds is 67. The van der Waals surface area contributed by atoms with Gasteiger partial charge in [-0.15, -0.1) is 0 Å². The van der Waals surface area contributed by atoms with E-state index in [-0.39, 0.29) is 19.1 Å². The Morgan fingerprint density at radius 2 is 0.615 bits per heavy atom. The number of carbonyl (C=O) groups excluding carboxylic acids is 1. The number of phosphoric acid groups is 1. The maximum atomic E-state index is 13.0. The molecule has 0 heterocycles. The molecular weight excluding hydrogens is 984 g/mol. The van der Waals surface area contributed by atoms with Gasteiger partial charge in [0.2, 0.25) is 5.91 Å². The molecule has 0 radical (unpaired) electrons. The number of nitrogens with one attached hydrogen (secondary N) is 1. The largest absolute Gasteiger partial charge is 0.472 e. The molecule has 468 valence electrons. The fourth-order valence-corrected chi connectivity index (χ4v) is 12.1. The zero-order chi connectivity index (χ0) is 57.0. The summed E-state index contributed by atoms with van der Waals surface area (Å²) >= 11 is 0. The van der Waals surface area contributed by atoms with E-state index in [0.29, 0.717) is 23.9 Å². The molecule has 0 aliphatic rings. The average Bonchev–Trinajstić information content (AvgIpc) is 3.41. The van der Waals surface area contributed by atoms with Gasteiger partial charge in [0.15, 0.2) is 0 Å². The summed E-state index contributed by atoms with van der Waals surface area (Å²) in [4.78, 5) is 23.4. The lowest BCUT2D eigenvalue weighted by molar-refractivity contribution is -0.870. The predicted molar refractivity (Wildman–Crippen MR) is 342 cm³/mol. The van der Waals surface area contributed by atoms with E-state index in [9.17, 15) is 19.4 Å². The molecule has 9 heteroatoms. The van der Waals surface area contributed by atoms with Crippen molar-refractivity contribution in [3.8, 4) is 0 Å². The van der Waals surface area contributed by atoms with Crippen LogP contribution in [0, 0.1) is 0 Å². The van der Waals surface area contributed by atoms with Gasteiger partial charge in [0, 0.05) is 6.42 Å². The van der Waals surface area contributed by atoms with Crippen LogP contribution in [0.5, 0.6) is 0 Å². The van der Waals surface area contributed by atoms with Crippen LogP contribution < -0.4 is 5.32 Å². The number of hydrogen-bond acceptors (Lipinski definition) is 5. The summed E-state index contributed by atoms with van der Waals surface area (Å²) in [6.07, 6.45) is 76.6. The maximum absolute atomic E-state index is 13.0. The molecule has 8 nitrogen and oxygen atoms in total. The first-order chi connectivity index (χ1) is 38.0. The van der Waals surface area contributed by atoms with E-state index in [1.165, 1.54) is 321 Å². The Labute approximate surface area is 489 Å². The Morgan fingerprint density at radius 3 is 0.859 bits per heavy atom. The van der Waals surface area contributed by atoms with Crippen LogP contribution in [0.4, 0.5) is 0 Å². The molecule has 0 aromatic rings. The van der Waals surface area contributed by atoms with Crippen molar-refractivity contribution in [1.82, 2.24) is 5.32 Å². The van der Waals surface area contributed by atoms with E-state index in [0.717, 1.165) is 38.5 Å². The van der Waals surface area contributed by atoms with Crippen molar-refractivity contribution >= 4 is 13.7 Å². The van der Waals surface area contributed by atoms with Crippen LogP contribution >= 0.6 is 7.82 Å². The lowest BCUT2D eigenvalue weighted by Gasteiger charge is -2.26. The standard InChI is InChI=1S/C69H141N2O6P/c1-6-8-10-12-14-16-18-20-22-23-24-25-26-27-28-29-30-31-32-33-34-35-36-37-38-39-40-41-42-43-44-45-46-47-49-51-53-55-57-59-61-63-69(73)70-67(66-77-78(74,75)76-65-64-71(3,4)5)68(72)62-60-58-56-54-52-50-48-21-19-17-15-13-11-9-7-2/h67-68,72H,6-66H2,1-5H3,(H-,70,73,74,75)/p+1. The van der Waals surface area contributed by atoms with E-state index in [2.05, 4.69) is 19.2 Å². The third-order valence-corrected chi connectivity index (χ3v) is 17.8. The summed E-state index contributed by atoms with van der Waals surface area (Å²) in [5.41, 5.74) is 0. The number of unbranched alkanes of at least 4 members (excludes halogenated alkanes) is 54. The third-order valence-electron chi connectivity index (χ3n) is 16.9. The number of carbonyl (C=O) groups is 1. The van der Waals surface area contributed by atoms with Crippen molar-refractivity contribution in [1.29, 1.82) is 0 Å². The van der Waals surface area contributed by atoms with Gasteiger partial charge in [-0.2, -0.15) is 0 Å². The highest BCUT2D eigenvalue weighted by atomic mass is 31.2. The lowest BCUT2D eigenvalue weighted by atomic mass is 10.0. The van der Waals surface area contributed by atoms with E-state index in [1.54, 1.807) is 0 Å². The first kappa shape index (κ1) is 77.5. The van der Waals surface area contributed by atoms with Crippen molar-refractivity contribution in [2.24, 2.45) is 0 Å². The van der Waals surface area contributed by atoms with Crippen molar-refractivity contribution < 1.29 is 32.9 Å². The van der Waals surface area contributed by atoms with E-state index < -0.39 is 20.0 Å². The highest BCUT2D eigenvalue weighted by molar-refractivity contribution is 7.47. The monoisotopic (exact) mass is 1130 g/mol. The summed E-state index contributed by atoms with van der Waals surface area (Å²) < 4.78 is 23.8. The Morgan fingerprint density at radius 1 is 0.385 bits per heavy atom. The van der Waals surface area contributed by atoms with Crippen molar-refractivity contribution in [3.63, 3.8) is 0 Å². The van der Waals surface area contributed by atoms with E-state index >= 15 is 0 Å². The van der Waals surface area contributed by atoms with Gasteiger partial charge >= 0.3 is 7.82 Å².